The van der Waals surface area contributed by atoms with Crippen LogP contribution in [0.5, 0.6) is 11.5 Å². The summed E-state index contributed by atoms with van der Waals surface area (Å²) in [6, 6.07) is 11.8. The summed E-state index contributed by atoms with van der Waals surface area (Å²) in [5, 5.41) is 14.2. The van der Waals surface area contributed by atoms with E-state index in [0.29, 0.717) is 16.6 Å². The van der Waals surface area contributed by atoms with Crippen molar-refractivity contribution >= 4 is 45.6 Å². The first-order valence-corrected chi connectivity index (χ1v) is 10.4. The van der Waals surface area contributed by atoms with Crippen LogP contribution in [0.3, 0.4) is 0 Å². The highest BCUT2D eigenvalue weighted by Crippen LogP contribution is 2.45. The molecule has 2 atom stereocenters. The van der Waals surface area contributed by atoms with Crippen LogP contribution in [-0.4, -0.2) is 34.4 Å². The van der Waals surface area contributed by atoms with Crippen LogP contribution in [0.1, 0.15) is 18.5 Å². The molecule has 2 heterocycles. The SMILES string of the molecule is COc1cc(C2C(Cl)C(=O)N2c2nc(-c3ccc(NC(C)=O)cc3)cs2)ccc1O. The second-order valence-corrected chi connectivity index (χ2v) is 8.07. The van der Waals surface area contributed by atoms with E-state index < -0.39 is 11.4 Å². The molecule has 0 radical (unpaired) electrons. The summed E-state index contributed by atoms with van der Waals surface area (Å²) in [6.07, 6.45) is 0. The number of ether oxygens (including phenoxy) is 1. The zero-order chi connectivity index (χ0) is 21.4. The first-order valence-electron chi connectivity index (χ1n) is 9.06. The van der Waals surface area contributed by atoms with Crippen LogP contribution in [0, 0.1) is 0 Å². The minimum absolute atomic E-state index is 0.0174. The third-order valence-electron chi connectivity index (χ3n) is 4.77. The van der Waals surface area contributed by atoms with Gasteiger partial charge in [-0.1, -0.05) is 18.2 Å². The lowest BCUT2D eigenvalue weighted by atomic mass is 9.93. The van der Waals surface area contributed by atoms with Crippen molar-refractivity contribution in [1.29, 1.82) is 0 Å². The lowest BCUT2D eigenvalue weighted by Crippen LogP contribution is -2.56. The molecule has 7 nitrogen and oxygen atoms in total. The Balaban J connectivity index is 1.60. The van der Waals surface area contributed by atoms with E-state index in [4.69, 9.17) is 16.3 Å². The summed E-state index contributed by atoms with van der Waals surface area (Å²) in [4.78, 5) is 29.8. The van der Waals surface area contributed by atoms with E-state index in [-0.39, 0.29) is 17.6 Å². The number of thiazole rings is 1. The van der Waals surface area contributed by atoms with Crippen LogP contribution in [0.25, 0.3) is 11.3 Å². The van der Waals surface area contributed by atoms with E-state index in [9.17, 15) is 14.7 Å². The molecule has 30 heavy (non-hydrogen) atoms. The van der Waals surface area contributed by atoms with Gasteiger partial charge in [-0.15, -0.1) is 22.9 Å². The topological polar surface area (TPSA) is 91.8 Å². The summed E-state index contributed by atoms with van der Waals surface area (Å²) in [7, 11) is 1.46. The summed E-state index contributed by atoms with van der Waals surface area (Å²) in [5.41, 5.74) is 3.04. The molecule has 1 aromatic heterocycles. The first-order chi connectivity index (χ1) is 14.4. The third kappa shape index (κ3) is 3.59. The van der Waals surface area contributed by atoms with E-state index in [0.717, 1.165) is 16.8 Å². The molecular weight excluding hydrogens is 426 g/mol. The van der Waals surface area contributed by atoms with Crippen LogP contribution in [-0.2, 0) is 9.59 Å². The predicted octanol–water partition coefficient (Wildman–Crippen LogP) is 4.18. The normalized spacial score (nSPS) is 18.1. The summed E-state index contributed by atoms with van der Waals surface area (Å²) in [6.45, 7) is 1.45. The Morgan fingerprint density at radius 1 is 1.27 bits per heavy atom. The van der Waals surface area contributed by atoms with E-state index in [1.165, 1.54) is 31.4 Å². The van der Waals surface area contributed by atoms with Gasteiger partial charge in [-0.3, -0.25) is 14.5 Å². The van der Waals surface area contributed by atoms with Crippen LogP contribution >= 0.6 is 22.9 Å². The van der Waals surface area contributed by atoms with Crippen LogP contribution < -0.4 is 15.0 Å². The molecule has 1 fully saturated rings. The molecule has 1 aliphatic heterocycles. The highest BCUT2D eigenvalue weighted by atomic mass is 35.5. The monoisotopic (exact) mass is 443 g/mol. The van der Waals surface area contributed by atoms with E-state index in [1.807, 2.05) is 17.5 Å². The maximum Gasteiger partial charge on any atom is 0.249 e. The number of β-lactam (4-membered cyclic amide) rings is 1. The van der Waals surface area contributed by atoms with Crippen molar-refractivity contribution in [2.24, 2.45) is 0 Å². The average Bonchev–Trinajstić information content (AvgIpc) is 3.21. The van der Waals surface area contributed by atoms with Crippen LogP contribution in [0.15, 0.2) is 47.8 Å². The minimum atomic E-state index is -0.719. The molecule has 0 aliphatic carbocycles. The predicted molar refractivity (Wildman–Crippen MR) is 116 cm³/mol. The number of alkyl halides is 1. The number of rotatable bonds is 5. The third-order valence-corrected chi connectivity index (χ3v) is 6.04. The lowest BCUT2D eigenvalue weighted by molar-refractivity contribution is -0.123. The van der Waals surface area contributed by atoms with Crippen molar-refractivity contribution in [3.8, 4) is 22.8 Å². The largest absolute Gasteiger partial charge is 0.504 e. The van der Waals surface area contributed by atoms with Crippen LogP contribution in [0.2, 0.25) is 0 Å². The fourth-order valence-corrected chi connectivity index (χ4v) is 4.54. The molecule has 1 saturated heterocycles. The number of phenolic OH excluding ortho intramolecular Hbond substituents is 1. The number of amides is 2. The number of hydrogen-bond donors (Lipinski definition) is 2. The second kappa shape index (κ2) is 7.97. The standard InChI is InChI=1S/C21H18ClN3O4S/c1-11(26)23-14-6-3-12(4-7-14)15-10-30-21(24-15)25-19(18(22)20(25)28)13-5-8-16(27)17(9-13)29-2/h3-10,18-19,27H,1-2H3,(H,23,26). The molecule has 9 heteroatoms. The van der Waals surface area contributed by atoms with Gasteiger partial charge in [-0.25, -0.2) is 4.98 Å². The molecule has 154 valence electrons. The van der Waals surface area contributed by atoms with Gasteiger partial charge in [0.25, 0.3) is 0 Å². The second-order valence-electron chi connectivity index (χ2n) is 6.76. The fourth-order valence-electron chi connectivity index (χ4n) is 3.30. The Hall–Kier alpha value is -3.10. The number of aromatic hydroxyl groups is 1. The number of carbonyl (C=O) groups is 2. The zero-order valence-corrected chi connectivity index (χ0v) is 17.7. The quantitative estimate of drug-likeness (QED) is 0.456. The van der Waals surface area contributed by atoms with Gasteiger partial charge in [0.1, 0.15) is 5.38 Å². The van der Waals surface area contributed by atoms with Crippen molar-refractivity contribution in [3.63, 3.8) is 0 Å². The Bertz CT molecular complexity index is 1120. The number of aromatic nitrogens is 1. The maximum atomic E-state index is 12.5. The van der Waals surface area contributed by atoms with Gasteiger partial charge in [-0.05, 0) is 29.8 Å². The Morgan fingerprint density at radius 3 is 2.67 bits per heavy atom. The molecule has 0 saturated carbocycles. The number of nitrogens with one attached hydrogen (secondary N) is 1. The van der Waals surface area contributed by atoms with Crippen molar-refractivity contribution < 1.29 is 19.4 Å². The number of methoxy groups -OCH3 is 1. The number of benzene rings is 2. The smallest absolute Gasteiger partial charge is 0.249 e. The summed E-state index contributed by atoms with van der Waals surface area (Å²) in [5.74, 6) is -0.0308. The minimum Gasteiger partial charge on any atom is -0.504 e. The molecule has 0 bridgehead atoms. The number of carbonyl (C=O) groups excluding carboxylic acids is 2. The van der Waals surface area contributed by atoms with Gasteiger partial charge in [0, 0.05) is 23.6 Å². The molecule has 2 N–H and O–H groups in total. The number of nitrogens with zero attached hydrogens (tertiary/aromatic N) is 2. The number of hydrogen-bond acceptors (Lipinski definition) is 6. The van der Waals surface area contributed by atoms with Crippen molar-refractivity contribution in [3.05, 3.63) is 53.4 Å². The molecule has 2 unspecified atom stereocenters. The highest BCUT2D eigenvalue weighted by molar-refractivity contribution is 7.14. The first kappa shape index (κ1) is 20.2. The van der Waals surface area contributed by atoms with Gasteiger partial charge >= 0.3 is 0 Å². The van der Waals surface area contributed by atoms with Gasteiger partial charge < -0.3 is 15.2 Å². The molecule has 3 aromatic rings. The highest BCUT2D eigenvalue weighted by Gasteiger charge is 2.49. The lowest BCUT2D eigenvalue weighted by Gasteiger charge is -2.42. The summed E-state index contributed by atoms with van der Waals surface area (Å²) < 4.78 is 5.17. The number of anilines is 2. The molecule has 0 spiro atoms. The van der Waals surface area contributed by atoms with Crippen LogP contribution in [0.4, 0.5) is 10.8 Å². The van der Waals surface area contributed by atoms with E-state index in [1.54, 1.807) is 29.2 Å². The van der Waals surface area contributed by atoms with Gasteiger partial charge in [-0.2, -0.15) is 0 Å². The zero-order valence-electron chi connectivity index (χ0n) is 16.1. The maximum absolute atomic E-state index is 12.5. The van der Waals surface area contributed by atoms with E-state index in [2.05, 4.69) is 10.3 Å². The van der Waals surface area contributed by atoms with Crippen molar-refractivity contribution in [2.75, 3.05) is 17.3 Å². The van der Waals surface area contributed by atoms with Gasteiger partial charge in [0.05, 0.1) is 18.8 Å². The number of halogens is 1. The number of phenols is 1. The Kier molecular flexibility index (Phi) is 5.36. The van der Waals surface area contributed by atoms with Crippen molar-refractivity contribution in [2.45, 2.75) is 18.3 Å². The molecule has 1 aliphatic rings. The molecule has 2 amide bonds. The van der Waals surface area contributed by atoms with Gasteiger partial charge in [0.2, 0.25) is 11.8 Å². The van der Waals surface area contributed by atoms with Gasteiger partial charge in [0.15, 0.2) is 16.6 Å². The summed E-state index contributed by atoms with van der Waals surface area (Å²) >= 11 is 7.66. The molecule has 2 aromatic carbocycles. The van der Waals surface area contributed by atoms with E-state index >= 15 is 0 Å². The average molecular weight is 444 g/mol. The fraction of sp³-hybridized carbons (Fsp3) is 0.190. The van der Waals surface area contributed by atoms with Crippen molar-refractivity contribution in [1.82, 2.24) is 4.98 Å². The Morgan fingerprint density at radius 2 is 2.00 bits per heavy atom. The Labute approximate surface area is 181 Å². The molecule has 4 rings (SSSR count). The molecular formula is C21H18ClN3O4S.